The normalized spacial score (nSPS) is 16.7. The maximum absolute atomic E-state index is 13.9. The monoisotopic (exact) mass is 560 g/mol. The molecular formula is C31H29FN2O5S. The van der Waals surface area contributed by atoms with Crippen LogP contribution in [0.5, 0.6) is 11.5 Å². The van der Waals surface area contributed by atoms with Crippen molar-refractivity contribution < 1.29 is 28.6 Å². The van der Waals surface area contributed by atoms with Gasteiger partial charge in [0.1, 0.15) is 11.6 Å². The van der Waals surface area contributed by atoms with Gasteiger partial charge < -0.3 is 14.6 Å². The Kier molecular flexibility index (Phi) is 7.84. The maximum Gasteiger partial charge on any atom is 0.301 e. The van der Waals surface area contributed by atoms with Crippen molar-refractivity contribution in [3.05, 3.63) is 89.2 Å². The molecule has 5 rings (SSSR count). The lowest BCUT2D eigenvalue weighted by atomic mass is 9.95. The molecule has 1 aliphatic rings. The molecule has 2 heterocycles. The van der Waals surface area contributed by atoms with Gasteiger partial charge in [0, 0.05) is 5.56 Å². The number of carbonyl (C=O) groups excluding carboxylic acids is 2. The summed E-state index contributed by atoms with van der Waals surface area (Å²) in [5, 5.41) is 11.6. The molecular weight excluding hydrogens is 531 g/mol. The van der Waals surface area contributed by atoms with Gasteiger partial charge in [0.15, 0.2) is 16.6 Å². The van der Waals surface area contributed by atoms with E-state index in [-0.39, 0.29) is 16.5 Å². The smallest absolute Gasteiger partial charge is 0.301 e. The zero-order valence-corrected chi connectivity index (χ0v) is 23.2. The number of ether oxygens (including phenoxy) is 2. The number of ketones is 1. The first-order chi connectivity index (χ1) is 19.3. The minimum Gasteiger partial charge on any atom is -0.507 e. The molecule has 206 valence electrons. The minimum atomic E-state index is -1.01. The van der Waals surface area contributed by atoms with Crippen molar-refractivity contribution in [2.24, 2.45) is 5.92 Å². The number of amides is 1. The van der Waals surface area contributed by atoms with Gasteiger partial charge in [-0.25, -0.2) is 9.37 Å². The second-order valence-corrected chi connectivity index (χ2v) is 10.8. The number of hydrogen-bond acceptors (Lipinski definition) is 7. The summed E-state index contributed by atoms with van der Waals surface area (Å²) >= 11 is 1.10. The first-order valence-electron chi connectivity index (χ1n) is 13.1. The van der Waals surface area contributed by atoms with Crippen LogP contribution in [0.1, 0.15) is 44.4 Å². The van der Waals surface area contributed by atoms with Crippen LogP contribution >= 0.6 is 11.3 Å². The predicted octanol–water partition coefficient (Wildman–Crippen LogP) is 6.89. The highest BCUT2D eigenvalue weighted by atomic mass is 32.1. The number of aliphatic hydroxyl groups excluding tert-OH is 1. The average molecular weight is 561 g/mol. The van der Waals surface area contributed by atoms with E-state index in [1.165, 1.54) is 23.1 Å². The Morgan fingerprint density at radius 3 is 2.55 bits per heavy atom. The highest BCUT2D eigenvalue weighted by Crippen LogP contribution is 2.46. The summed E-state index contributed by atoms with van der Waals surface area (Å²) in [4.78, 5) is 32.8. The fourth-order valence-electron chi connectivity index (χ4n) is 4.57. The number of carbonyl (C=O) groups is 2. The zero-order valence-electron chi connectivity index (χ0n) is 22.4. The number of halogens is 1. The Labute approximate surface area is 235 Å². The van der Waals surface area contributed by atoms with Crippen molar-refractivity contribution in [3.63, 3.8) is 0 Å². The molecule has 40 heavy (non-hydrogen) atoms. The summed E-state index contributed by atoms with van der Waals surface area (Å²) in [6.45, 7) is 6.96. The molecule has 1 saturated heterocycles. The Morgan fingerprint density at radius 1 is 1.05 bits per heavy atom. The van der Waals surface area contributed by atoms with Gasteiger partial charge >= 0.3 is 5.91 Å². The van der Waals surface area contributed by atoms with E-state index in [2.05, 4.69) is 18.8 Å². The van der Waals surface area contributed by atoms with Crippen molar-refractivity contribution in [3.8, 4) is 11.5 Å². The molecule has 9 heteroatoms. The van der Waals surface area contributed by atoms with Gasteiger partial charge in [-0.2, -0.15) is 0 Å². The maximum atomic E-state index is 13.9. The molecule has 1 N–H and O–H groups in total. The molecule has 0 aliphatic carbocycles. The van der Waals surface area contributed by atoms with Crippen LogP contribution in [0.15, 0.2) is 72.3 Å². The van der Waals surface area contributed by atoms with E-state index in [1.54, 1.807) is 48.5 Å². The van der Waals surface area contributed by atoms with E-state index in [0.29, 0.717) is 52.0 Å². The number of hydrogen-bond donors (Lipinski definition) is 1. The lowest BCUT2D eigenvalue weighted by Crippen LogP contribution is -2.29. The van der Waals surface area contributed by atoms with Crippen LogP contribution in [0.4, 0.5) is 9.52 Å². The van der Waals surface area contributed by atoms with E-state index >= 15 is 0 Å². The first-order valence-corrected chi connectivity index (χ1v) is 13.9. The topological polar surface area (TPSA) is 89.0 Å². The van der Waals surface area contributed by atoms with Crippen LogP contribution in [0.25, 0.3) is 16.0 Å². The largest absolute Gasteiger partial charge is 0.507 e. The fraction of sp³-hybridized carbons (Fsp3) is 0.258. The fourth-order valence-corrected chi connectivity index (χ4v) is 5.59. The van der Waals surface area contributed by atoms with Gasteiger partial charge in [-0.3, -0.25) is 14.5 Å². The number of fused-ring (bicyclic) bond motifs is 1. The summed E-state index contributed by atoms with van der Waals surface area (Å²) in [5.41, 5.74) is 1.35. The molecule has 1 aliphatic heterocycles. The summed E-state index contributed by atoms with van der Waals surface area (Å²) in [5.74, 6) is -0.935. The molecule has 3 aromatic carbocycles. The third kappa shape index (κ3) is 5.29. The quantitative estimate of drug-likeness (QED) is 0.136. The number of aromatic nitrogens is 1. The summed E-state index contributed by atoms with van der Waals surface area (Å²) < 4.78 is 26.3. The SMILES string of the molecule is CCOc1cc(C2/C(=C(\O)c3ccccc3)C(=O)C(=O)N2c2nc3ccc(F)cc3s2)ccc1OCCC(C)C. The lowest BCUT2D eigenvalue weighted by molar-refractivity contribution is -0.132. The van der Waals surface area contributed by atoms with E-state index in [0.717, 1.165) is 17.8 Å². The number of thiazole rings is 1. The van der Waals surface area contributed by atoms with Crippen LogP contribution in [-0.2, 0) is 9.59 Å². The average Bonchev–Trinajstić information content (AvgIpc) is 3.47. The van der Waals surface area contributed by atoms with Gasteiger partial charge in [0.2, 0.25) is 0 Å². The molecule has 0 bridgehead atoms. The van der Waals surface area contributed by atoms with E-state index in [4.69, 9.17) is 9.47 Å². The molecule has 0 saturated carbocycles. The van der Waals surface area contributed by atoms with Crippen molar-refractivity contribution in [2.75, 3.05) is 18.1 Å². The number of nitrogens with zero attached hydrogens (tertiary/aromatic N) is 2. The molecule has 7 nitrogen and oxygen atoms in total. The number of benzene rings is 3. The predicted molar refractivity (Wildman–Crippen MR) is 153 cm³/mol. The Hall–Kier alpha value is -4.24. The highest BCUT2D eigenvalue weighted by Gasteiger charge is 2.48. The van der Waals surface area contributed by atoms with Gasteiger partial charge in [-0.1, -0.05) is 61.6 Å². The Bertz CT molecular complexity index is 1600. The molecule has 0 spiro atoms. The van der Waals surface area contributed by atoms with Gasteiger partial charge in [-0.15, -0.1) is 0 Å². The molecule has 1 amide bonds. The van der Waals surface area contributed by atoms with Gasteiger partial charge in [0.25, 0.3) is 5.78 Å². The number of Topliss-reactive ketones (excluding diaryl/α,β-unsaturated/α-hetero) is 1. The number of anilines is 1. The van der Waals surface area contributed by atoms with Crippen LogP contribution in [0, 0.1) is 11.7 Å². The third-order valence-electron chi connectivity index (χ3n) is 6.57. The van der Waals surface area contributed by atoms with Crippen molar-refractivity contribution in [1.82, 2.24) is 4.98 Å². The summed E-state index contributed by atoms with van der Waals surface area (Å²) in [7, 11) is 0. The lowest BCUT2D eigenvalue weighted by Gasteiger charge is -2.24. The van der Waals surface area contributed by atoms with Crippen LogP contribution < -0.4 is 14.4 Å². The standard InChI is InChI=1S/C31H29FN2O5S/c1-4-38-24-16-20(10-13-23(24)39-15-14-18(2)3)27-26(28(35)19-8-6-5-7-9-19)29(36)30(37)34(27)31-33-22-12-11-21(32)17-25(22)40-31/h5-13,16-18,27,35H,4,14-15H2,1-3H3/b28-26+. The van der Waals surface area contributed by atoms with E-state index in [1.807, 2.05) is 6.92 Å². The van der Waals surface area contributed by atoms with Crippen molar-refractivity contribution in [2.45, 2.75) is 33.2 Å². The van der Waals surface area contributed by atoms with Gasteiger partial charge in [0.05, 0.1) is 35.0 Å². The Balaban J connectivity index is 1.66. The number of rotatable bonds is 9. The van der Waals surface area contributed by atoms with Crippen LogP contribution in [-0.4, -0.2) is 35.0 Å². The van der Waals surface area contributed by atoms with Crippen molar-refractivity contribution in [1.29, 1.82) is 0 Å². The molecule has 1 fully saturated rings. The molecule has 1 aromatic heterocycles. The molecule has 4 aromatic rings. The summed E-state index contributed by atoms with van der Waals surface area (Å²) in [6, 6.07) is 17.0. The second-order valence-electron chi connectivity index (χ2n) is 9.81. The highest BCUT2D eigenvalue weighted by molar-refractivity contribution is 7.22. The number of aliphatic hydroxyl groups is 1. The van der Waals surface area contributed by atoms with E-state index in [9.17, 15) is 19.1 Å². The van der Waals surface area contributed by atoms with Gasteiger partial charge in [-0.05, 0) is 55.2 Å². The van der Waals surface area contributed by atoms with E-state index < -0.39 is 23.5 Å². The zero-order chi connectivity index (χ0) is 28.4. The molecule has 0 radical (unpaired) electrons. The third-order valence-corrected chi connectivity index (χ3v) is 7.59. The molecule has 1 unspecified atom stereocenters. The van der Waals surface area contributed by atoms with Crippen molar-refractivity contribution >= 4 is 44.1 Å². The Morgan fingerprint density at radius 2 is 1.82 bits per heavy atom. The summed E-state index contributed by atoms with van der Waals surface area (Å²) in [6.07, 6.45) is 0.864. The minimum absolute atomic E-state index is 0.0717. The first kappa shape index (κ1) is 27.3. The second kappa shape index (κ2) is 11.5. The molecule has 1 atom stereocenters. The van der Waals surface area contributed by atoms with Crippen LogP contribution in [0.3, 0.4) is 0 Å². The van der Waals surface area contributed by atoms with Crippen LogP contribution in [0.2, 0.25) is 0 Å².